The van der Waals surface area contributed by atoms with Crippen molar-refractivity contribution in [2.24, 2.45) is 11.8 Å². The summed E-state index contributed by atoms with van der Waals surface area (Å²) in [6, 6.07) is 0.0376. The van der Waals surface area contributed by atoms with Crippen LogP contribution >= 0.6 is 0 Å². The van der Waals surface area contributed by atoms with Crippen LogP contribution in [0.3, 0.4) is 0 Å². The lowest BCUT2D eigenvalue weighted by atomic mass is 10.1. The van der Waals surface area contributed by atoms with Crippen molar-refractivity contribution in [3.05, 3.63) is 0 Å². The molecule has 0 aromatic heterocycles. The Balaban J connectivity index is 2.17. The Morgan fingerprint density at radius 1 is 1.44 bits per heavy atom. The molecule has 5 heteroatoms. The number of hydrogen-bond acceptors (Lipinski definition) is 2. The summed E-state index contributed by atoms with van der Waals surface area (Å²) in [7, 11) is 0. The number of carboxylic acids is 1. The smallest absolute Gasteiger partial charge is 0.315 e. The van der Waals surface area contributed by atoms with Crippen molar-refractivity contribution in [1.82, 2.24) is 10.6 Å². The molecule has 1 saturated carbocycles. The zero-order valence-corrected chi connectivity index (χ0v) is 9.82. The van der Waals surface area contributed by atoms with Gasteiger partial charge in [-0.05, 0) is 18.8 Å². The van der Waals surface area contributed by atoms with E-state index in [1.807, 2.05) is 0 Å². The molecule has 0 spiro atoms. The number of nitrogens with one attached hydrogen (secondary N) is 2. The van der Waals surface area contributed by atoms with Crippen molar-refractivity contribution in [2.75, 3.05) is 6.54 Å². The second-order valence-corrected chi connectivity index (χ2v) is 4.31. The van der Waals surface area contributed by atoms with Gasteiger partial charge in [0.25, 0.3) is 0 Å². The van der Waals surface area contributed by atoms with Gasteiger partial charge in [-0.3, -0.25) is 4.79 Å². The van der Waals surface area contributed by atoms with Gasteiger partial charge in [-0.25, -0.2) is 4.79 Å². The van der Waals surface area contributed by atoms with E-state index in [0.29, 0.717) is 12.3 Å². The second-order valence-electron chi connectivity index (χ2n) is 4.31. The number of hydrogen-bond donors (Lipinski definition) is 3. The maximum atomic E-state index is 11.4. The molecule has 0 heterocycles. The van der Waals surface area contributed by atoms with Crippen LogP contribution in [-0.4, -0.2) is 29.7 Å². The van der Waals surface area contributed by atoms with E-state index in [0.717, 1.165) is 12.8 Å². The monoisotopic (exact) mass is 228 g/mol. The molecule has 3 unspecified atom stereocenters. The lowest BCUT2D eigenvalue weighted by Gasteiger charge is -2.11. The summed E-state index contributed by atoms with van der Waals surface area (Å²) in [6.45, 7) is 4.09. The average molecular weight is 228 g/mol. The van der Waals surface area contributed by atoms with Gasteiger partial charge in [0.05, 0.1) is 5.92 Å². The molecule has 0 aromatic rings. The fourth-order valence-corrected chi connectivity index (χ4v) is 1.72. The zero-order chi connectivity index (χ0) is 12.1. The lowest BCUT2D eigenvalue weighted by molar-refractivity contribution is -0.141. The van der Waals surface area contributed by atoms with Gasteiger partial charge in [-0.1, -0.05) is 20.3 Å². The van der Waals surface area contributed by atoms with E-state index < -0.39 is 11.9 Å². The fraction of sp³-hybridized carbons (Fsp3) is 0.818. The SMILES string of the molecule is CCC(CNC(=O)NC1CC1CC)C(=O)O. The van der Waals surface area contributed by atoms with Crippen molar-refractivity contribution >= 4 is 12.0 Å². The first kappa shape index (κ1) is 12.8. The van der Waals surface area contributed by atoms with Crippen LogP contribution in [0.15, 0.2) is 0 Å². The molecule has 2 amide bonds. The summed E-state index contributed by atoms with van der Waals surface area (Å²) in [5.41, 5.74) is 0. The Morgan fingerprint density at radius 3 is 2.56 bits per heavy atom. The molecule has 0 aliphatic heterocycles. The molecule has 16 heavy (non-hydrogen) atoms. The highest BCUT2D eigenvalue weighted by atomic mass is 16.4. The number of amides is 2. The number of carbonyl (C=O) groups excluding carboxylic acids is 1. The van der Waals surface area contributed by atoms with Crippen LogP contribution in [0.25, 0.3) is 0 Å². The largest absolute Gasteiger partial charge is 0.481 e. The highest BCUT2D eigenvalue weighted by Gasteiger charge is 2.36. The van der Waals surface area contributed by atoms with E-state index in [9.17, 15) is 9.59 Å². The van der Waals surface area contributed by atoms with Crippen LogP contribution in [0.5, 0.6) is 0 Å². The van der Waals surface area contributed by atoms with Crippen LogP contribution in [0.2, 0.25) is 0 Å². The van der Waals surface area contributed by atoms with Crippen molar-refractivity contribution in [3.8, 4) is 0 Å². The minimum Gasteiger partial charge on any atom is -0.481 e. The number of carboxylic acid groups (broad SMARTS) is 1. The predicted molar refractivity (Wildman–Crippen MR) is 60.1 cm³/mol. The molecule has 0 aromatic carbocycles. The van der Waals surface area contributed by atoms with Crippen LogP contribution < -0.4 is 10.6 Å². The van der Waals surface area contributed by atoms with E-state index in [2.05, 4.69) is 17.6 Å². The molecule has 1 aliphatic carbocycles. The summed E-state index contributed by atoms with van der Waals surface area (Å²) in [6.07, 6.45) is 2.65. The Morgan fingerprint density at radius 2 is 2.12 bits per heavy atom. The van der Waals surface area contributed by atoms with Gasteiger partial charge in [-0.2, -0.15) is 0 Å². The van der Waals surface area contributed by atoms with E-state index in [4.69, 9.17) is 5.11 Å². The first-order valence-electron chi connectivity index (χ1n) is 5.85. The highest BCUT2D eigenvalue weighted by molar-refractivity contribution is 5.76. The van der Waals surface area contributed by atoms with Crippen molar-refractivity contribution < 1.29 is 14.7 Å². The number of rotatable bonds is 6. The predicted octanol–water partition coefficient (Wildman–Crippen LogP) is 1.19. The van der Waals surface area contributed by atoms with E-state index in [1.165, 1.54) is 0 Å². The summed E-state index contributed by atoms with van der Waals surface area (Å²) in [5.74, 6) is -0.750. The first-order valence-corrected chi connectivity index (χ1v) is 5.85. The summed E-state index contributed by atoms with van der Waals surface area (Å²) >= 11 is 0. The Hall–Kier alpha value is -1.26. The van der Waals surface area contributed by atoms with Crippen LogP contribution in [0.4, 0.5) is 4.79 Å². The van der Waals surface area contributed by atoms with E-state index in [1.54, 1.807) is 6.92 Å². The van der Waals surface area contributed by atoms with Gasteiger partial charge in [0, 0.05) is 12.6 Å². The van der Waals surface area contributed by atoms with Crippen molar-refractivity contribution in [3.63, 3.8) is 0 Å². The van der Waals surface area contributed by atoms with Crippen LogP contribution in [0, 0.1) is 11.8 Å². The number of urea groups is 1. The molecular weight excluding hydrogens is 208 g/mol. The third kappa shape index (κ3) is 3.72. The van der Waals surface area contributed by atoms with Crippen LogP contribution in [0.1, 0.15) is 33.1 Å². The second kappa shape index (κ2) is 5.72. The molecule has 1 rings (SSSR count). The van der Waals surface area contributed by atoms with Crippen LogP contribution in [-0.2, 0) is 4.79 Å². The van der Waals surface area contributed by atoms with Gasteiger partial charge in [-0.15, -0.1) is 0 Å². The van der Waals surface area contributed by atoms with E-state index >= 15 is 0 Å². The molecule has 5 nitrogen and oxygen atoms in total. The highest BCUT2D eigenvalue weighted by Crippen LogP contribution is 2.32. The topological polar surface area (TPSA) is 78.4 Å². The summed E-state index contributed by atoms with van der Waals surface area (Å²) < 4.78 is 0. The molecular formula is C11H20N2O3. The summed E-state index contributed by atoms with van der Waals surface area (Å²) in [5, 5.41) is 14.2. The zero-order valence-electron chi connectivity index (χ0n) is 9.82. The van der Waals surface area contributed by atoms with E-state index in [-0.39, 0.29) is 18.6 Å². The Kier molecular flexibility index (Phi) is 4.58. The molecule has 92 valence electrons. The fourth-order valence-electron chi connectivity index (χ4n) is 1.72. The minimum absolute atomic E-state index is 0.196. The third-order valence-electron chi connectivity index (χ3n) is 3.11. The molecule has 0 radical (unpaired) electrons. The molecule has 3 atom stereocenters. The average Bonchev–Trinajstić information content (AvgIpc) is 2.96. The molecule has 3 N–H and O–H groups in total. The Labute approximate surface area is 95.6 Å². The maximum absolute atomic E-state index is 11.4. The van der Waals surface area contributed by atoms with Gasteiger partial charge < -0.3 is 15.7 Å². The third-order valence-corrected chi connectivity index (χ3v) is 3.11. The molecule has 0 bridgehead atoms. The maximum Gasteiger partial charge on any atom is 0.315 e. The van der Waals surface area contributed by atoms with Gasteiger partial charge >= 0.3 is 12.0 Å². The lowest BCUT2D eigenvalue weighted by Crippen LogP contribution is -2.41. The standard InChI is InChI=1S/C11H20N2O3/c1-3-7-5-9(7)13-11(16)12-6-8(4-2)10(14)15/h7-9H,3-6H2,1-2H3,(H,14,15)(H2,12,13,16). The number of carbonyl (C=O) groups is 2. The Bertz CT molecular complexity index is 268. The first-order chi connectivity index (χ1) is 7.58. The summed E-state index contributed by atoms with van der Waals surface area (Å²) in [4.78, 5) is 22.1. The molecule has 1 fully saturated rings. The normalized spacial score (nSPS) is 24.6. The molecule has 1 aliphatic rings. The molecule has 0 saturated heterocycles. The quantitative estimate of drug-likeness (QED) is 0.639. The minimum atomic E-state index is -0.861. The van der Waals surface area contributed by atoms with Gasteiger partial charge in [0.2, 0.25) is 0 Å². The van der Waals surface area contributed by atoms with Crippen molar-refractivity contribution in [2.45, 2.75) is 39.2 Å². The van der Waals surface area contributed by atoms with Crippen molar-refractivity contribution in [1.29, 1.82) is 0 Å². The van der Waals surface area contributed by atoms with Gasteiger partial charge in [0.15, 0.2) is 0 Å². The van der Waals surface area contributed by atoms with Gasteiger partial charge in [0.1, 0.15) is 0 Å². The number of aliphatic carboxylic acids is 1.